The number of methoxy groups -OCH3 is 1. The van der Waals surface area contributed by atoms with Crippen LogP contribution in [0.5, 0.6) is 5.75 Å². The molecule has 23 heavy (non-hydrogen) atoms. The molecular weight excluding hydrogens is 314 g/mol. The molecule has 0 spiro atoms. The van der Waals surface area contributed by atoms with E-state index in [-0.39, 0.29) is 12.3 Å². The Morgan fingerprint density at radius 2 is 2.13 bits per heavy atom. The second-order valence-corrected chi connectivity index (χ2v) is 5.20. The van der Waals surface area contributed by atoms with Crippen molar-refractivity contribution in [2.45, 2.75) is 6.42 Å². The molecule has 0 aliphatic heterocycles. The molecule has 0 unspecified atom stereocenters. The first-order valence-electron chi connectivity index (χ1n) is 7.00. The van der Waals surface area contributed by atoms with Gasteiger partial charge in [0.25, 0.3) is 0 Å². The Labute approximate surface area is 139 Å². The third kappa shape index (κ3) is 4.90. The Kier molecular flexibility index (Phi) is 5.84. The van der Waals surface area contributed by atoms with Crippen LogP contribution < -0.4 is 15.4 Å². The Morgan fingerprint density at radius 3 is 2.87 bits per heavy atom. The summed E-state index contributed by atoms with van der Waals surface area (Å²) in [6.07, 6.45) is 0.270. The fourth-order valence-electron chi connectivity index (χ4n) is 2.01. The number of hydrogen-bond acceptors (Lipinski definition) is 4. The molecule has 0 atom stereocenters. The van der Waals surface area contributed by atoms with Gasteiger partial charge in [0.05, 0.1) is 24.4 Å². The number of benzene rings is 2. The summed E-state index contributed by atoms with van der Waals surface area (Å²) in [7, 11) is 1.53. The van der Waals surface area contributed by atoms with E-state index in [9.17, 15) is 4.79 Å². The lowest BCUT2D eigenvalue weighted by atomic mass is 10.2. The molecule has 0 heterocycles. The van der Waals surface area contributed by atoms with Gasteiger partial charge < -0.3 is 15.4 Å². The predicted molar refractivity (Wildman–Crippen MR) is 90.9 cm³/mol. The number of anilines is 2. The number of amides is 1. The van der Waals surface area contributed by atoms with Gasteiger partial charge in [-0.05, 0) is 36.4 Å². The van der Waals surface area contributed by atoms with Gasteiger partial charge in [0.1, 0.15) is 5.75 Å². The predicted octanol–water partition coefficient (Wildman–Crippen LogP) is 3.66. The number of ether oxygens (including phenoxy) is 1. The second-order valence-electron chi connectivity index (χ2n) is 4.76. The summed E-state index contributed by atoms with van der Waals surface area (Å²) in [6.45, 7) is 0.448. The van der Waals surface area contributed by atoms with Gasteiger partial charge in [-0.3, -0.25) is 4.79 Å². The lowest BCUT2D eigenvalue weighted by Crippen LogP contribution is -2.16. The maximum Gasteiger partial charge on any atom is 0.226 e. The van der Waals surface area contributed by atoms with Crippen molar-refractivity contribution in [3.8, 4) is 11.8 Å². The van der Waals surface area contributed by atoms with E-state index in [0.717, 1.165) is 5.69 Å². The fourth-order valence-corrected chi connectivity index (χ4v) is 2.18. The van der Waals surface area contributed by atoms with E-state index >= 15 is 0 Å². The third-order valence-electron chi connectivity index (χ3n) is 3.11. The molecule has 5 nitrogen and oxygen atoms in total. The van der Waals surface area contributed by atoms with E-state index in [2.05, 4.69) is 16.7 Å². The molecule has 0 aliphatic carbocycles. The Hall–Kier alpha value is -2.71. The lowest BCUT2D eigenvalue weighted by molar-refractivity contribution is -0.115. The molecule has 2 N–H and O–H groups in total. The van der Waals surface area contributed by atoms with Crippen LogP contribution >= 0.6 is 11.6 Å². The molecule has 0 aliphatic rings. The maximum atomic E-state index is 12.0. The van der Waals surface area contributed by atoms with Gasteiger partial charge in [0.15, 0.2) is 0 Å². The average molecular weight is 330 g/mol. The zero-order valence-corrected chi connectivity index (χ0v) is 13.4. The molecule has 6 heteroatoms. The highest BCUT2D eigenvalue weighted by molar-refractivity contribution is 6.31. The number of nitrogens with zero attached hydrogens (tertiary/aromatic N) is 1. The molecule has 0 bridgehead atoms. The topological polar surface area (TPSA) is 74.2 Å². The minimum absolute atomic E-state index is 0.158. The van der Waals surface area contributed by atoms with Crippen molar-refractivity contribution in [2.75, 3.05) is 24.3 Å². The lowest BCUT2D eigenvalue weighted by Gasteiger charge is -2.11. The number of nitriles is 1. The summed E-state index contributed by atoms with van der Waals surface area (Å²) < 4.78 is 5.18. The largest absolute Gasteiger partial charge is 0.495 e. The highest BCUT2D eigenvalue weighted by Crippen LogP contribution is 2.27. The average Bonchev–Trinajstić information content (AvgIpc) is 2.55. The molecule has 0 saturated carbocycles. The molecular formula is C17H16ClN3O2. The van der Waals surface area contributed by atoms with Crippen LogP contribution in [0.3, 0.4) is 0 Å². The normalized spacial score (nSPS) is 9.78. The van der Waals surface area contributed by atoms with Crippen LogP contribution in [0.15, 0.2) is 42.5 Å². The first-order chi connectivity index (χ1) is 11.1. The van der Waals surface area contributed by atoms with Crippen LogP contribution in [0.4, 0.5) is 11.4 Å². The van der Waals surface area contributed by atoms with Crippen molar-refractivity contribution in [1.29, 1.82) is 5.26 Å². The van der Waals surface area contributed by atoms with Gasteiger partial charge in [-0.15, -0.1) is 0 Å². The molecule has 2 rings (SSSR count). The van der Waals surface area contributed by atoms with Crippen LogP contribution in [0.25, 0.3) is 0 Å². The minimum Gasteiger partial charge on any atom is -0.495 e. The molecule has 0 aromatic heterocycles. The first-order valence-corrected chi connectivity index (χ1v) is 7.37. The van der Waals surface area contributed by atoms with Gasteiger partial charge >= 0.3 is 0 Å². The van der Waals surface area contributed by atoms with E-state index in [1.165, 1.54) is 7.11 Å². The van der Waals surface area contributed by atoms with Crippen molar-refractivity contribution >= 4 is 28.9 Å². The third-order valence-corrected chi connectivity index (χ3v) is 3.34. The summed E-state index contributed by atoms with van der Waals surface area (Å²) in [4.78, 5) is 12.0. The van der Waals surface area contributed by atoms with Crippen molar-refractivity contribution in [3.63, 3.8) is 0 Å². The molecule has 118 valence electrons. The summed E-state index contributed by atoms with van der Waals surface area (Å²) in [5, 5.41) is 15.2. The van der Waals surface area contributed by atoms with Crippen LogP contribution in [0, 0.1) is 11.3 Å². The van der Waals surface area contributed by atoms with Gasteiger partial charge in [-0.25, -0.2) is 0 Å². The number of carbonyl (C=O) groups is 1. The smallest absolute Gasteiger partial charge is 0.226 e. The van der Waals surface area contributed by atoms with Gasteiger partial charge in [-0.1, -0.05) is 17.7 Å². The number of rotatable bonds is 6. The standard InChI is InChI=1S/C17H16ClN3O2/c1-23-16-6-5-13(18)10-15(16)21-17(22)7-8-20-14-4-2-3-12(9-14)11-19/h2-6,9-10,20H,7-8H2,1H3,(H,21,22). The van der Waals surface area contributed by atoms with E-state index in [1.807, 2.05) is 6.07 Å². The van der Waals surface area contributed by atoms with Crippen LogP contribution in [0.2, 0.25) is 5.02 Å². The monoisotopic (exact) mass is 329 g/mol. The van der Waals surface area contributed by atoms with Crippen LogP contribution in [-0.4, -0.2) is 19.6 Å². The SMILES string of the molecule is COc1ccc(Cl)cc1NC(=O)CCNc1cccc(C#N)c1. The van der Waals surface area contributed by atoms with E-state index < -0.39 is 0 Å². The molecule has 0 saturated heterocycles. The van der Waals surface area contributed by atoms with Gasteiger partial charge in [0.2, 0.25) is 5.91 Å². The Balaban J connectivity index is 1.88. The quantitative estimate of drug-likeness (QED) is 0.848. The molecule has 2 aromatic carbocycles. The van der Waals surface area contributed by atoms with Crippen molar-refractivity contribution in [2.24, 2.45) is 0 Å². The van der Waals surface area contributed by atoms with E-state index in [4.69, 9.17) is 21.6 Å². The molecule has 1 amide bonds. The Bertz CT molecular complexity index is 741. The van der Waals surface area contributed by atoms with Gasteiger partial charge in [-0.2, -0.15) is 5.26 Å². The summed E-state index contributed by atoms with van der Waals surface area (Å²) in [5.74, 6) is 0.395. The summed E-state index contributed by atoms with van der Waals surface area (Å²) in [5.41, 5.74) is 1.91. The molecule has 2 aromatic rings. The number of hydrogen-bond donors (Lipinski definition) is 2. The van der Waals surface area contributed by atoms with Crippen LogP contribution in [0.1, 0.15) is 12.0 Å². The number of halogens is 1. The maximum absolute atomic E-state index is 12.0. The second kappa shape index (κ2) is 8.06. The van der Waals surface area contributed by atoms with E-state index in [1.54, 1.807) is 36.4 Å². The van der Waals surface area contributed by atoms with Crippen molar-refractivity contribution in [1.82, 2.24) is 0 Å². The van der Waals surface area contributed by atoms with Crippen LogP contribution in [-0.2, 0) is 4.79 Å². The zero-order valence-electron chi connectivity index (χ0n) is 12.6. The summed E-state index contributed by atoms with van der Waals surface area (Å²) in [6, 6.07) is 14.2. The number of carbonyl (C=O) groups excluding carboxylic acids is 1. The van der Waals surface area contributed by atoms with Gasteiger partial charge in [0, 0.05) is 23.7 Å². The minimum atomic E-state index is -0.158. The Morgan fingerprint density at radius 1 is 1.30 bits per heavy atom. The number of nitrogens with one attached hydrogen (secondary N) is 2. The first kappa shape index (κ1) is 16.7. The highest BCUT2D eigenvalue weighted by atomic mass is 35.5. The van der Waals surface area contributed by atoms with Crippen molar-refractivity contribution in [3.05, 3.63) is 53.1 Å². The van der Waals surface area contributed by atoms with E-state index in [0.29, 0.717) is 28.6 Å². The van der Waals surface area contributed by atoms with Crippen molar-refractivity contribution < 1.29 is 9.53 Å². The molecule has 0 fully saturated rings. The molecule has 0 radical (unpaired) electrons. The summed E-state index contributed by atoms with van der Waals surface area (Å²) >= 11 is 5.92. The fraction of sp³-hybridized carbons (Fsp3) is 0.176. The highest BCUT2D eigenvalue weighted by Gasteiger charge is 2.08. The zero-order chi connectivity index (χ0) is 16.7.